The van der Waals surface area contributed by atoms with Crippen molar-refractivity contribution in [1.82, 2.24) is 19.5 Å². The molecular formula is C28H36ClN5O6S. The standard InChI is InChI=1S/C28H36ClN5O6S/c29-23-17-30-7-3-20(23)18-32-8-4-28(5-9-32)6-12-40-25-15-21(33-10-13-39-14-11-33)1-2-26(25)41(37,38)34-19-22(35)16-24(34)27(36)31-28/h1-3,7,15,17,22,24,35H,4-6,8-14,16,18-19H2,(H,31,36)/t22-,24+/m1/s1. The number of aromatic nitrogens is 1. The molecule has 222 valence electrons. The number of aliphatic hydroxyl groups excluding tert-OH is 1. The zero-order valence-corrected chi connectivity index (χ0v) is 24.4. The molecule has 0 saturated carbocycles. The van der Waals surface area contributed by atoms with Gasteiger partial charge in [0.1, 0.15) is 16.7 Å². The van der Waals surface area contributed by atoms with Gasteiger partial charge in [0.2, 0.25) is 15.9 Å². The van der Waals surface area contributed by atoms with E-state index in [9.17, 15) is 18.3 Å². The smallest absolute Gasteiger partial charge is 0.247 e. The van der Waals surface area contributed by atoms with Crippen LogP contribution in [-0.4, -0.2) is 104 Å². The van der Waals surface area contributed by atoms with Crippen molar-refractivity contribution in [3.8, 4) is 5.75 Å². The molecule has 1 aromatic carbocycles. The summed E-state index contributed by atoms with van der Waals surface area (Å²) in [6, 6.07) is 6.04. The number of hydrogen-bond donors (Lipinski definition) is 2. The highest BCUT2D eigenvalue weighted by Gasteiger charge is 2.47. The van der Waals surface area contributed by atoms with Gasteiger partial charge in [0.15, 0.2) is 0 Å². The second-order valence-electron chi connectivity index (χ2n) is 11.3. The number of nitrogens with zero attached hydrogens (tertiary/aromatic N) is 4. The summed E-state index contributed by atoms with van der Waals surface area (Å²) in [4.78, 5) is 22.2. The quantitative estimate of drug-likeness (QED) is 0.537. The number of piperidine rings is 1. The molecule has 0 radical (unpaired) electrons. The topological polar surface area (TPSA) is 125 Å². The lowest BCUT2D eigenvalue weighted by atomic mass is 9.84. The van der Waals surface area contributed by atoms with Crippen LogP contribution in [0.4, 0.5) is 5.69 Å². The van der Waals surface area contributed by atoms with Gasteiger partial charge in [0.25, 0.3) is 0 Å². The zero-order valence-electron chi connectivity index (χ0n) is 22.9. The Labute approximate surface area is 245 Å². The molecule has 13 heteroatoms. The number of carbonyl (C=O) groups is 1. The first-order chi connectivity index (χ1) is 19.7. The molecule has 4 aliphatic heterocycles. The lowest BCUT2D eigenvalue weighted by molar-refractivity contribution is -0.127. The van der Waals surface area contributed by atoms with Crippen LogP contribution in [-0.2, 0) is 26.1 Å². The number of anilines is 1. The van der Waals surface area contributed by atoms with Gasteiger partial charge in [-0.25, -0.2) is 8.42 Å². The number of amides is 1. The Bertz CT molecular complexity index is 1380. The maximum atomic E-state index is 13.9. The largest absolute Gasteiger partial charge is 0.492 e. The predicted octanol–water partition coefficient (Wildman–Crippen LogP) is 1.63. The van der Waals surface area contributed by atoms with E-state index in [2.05, 4.69) is 20.1 Å². The Morgan fingerprint density at radius 1 is 1.10 bits per heavy atom. The molecule has 6 rings (SSSR count). The molecule has 4 aliphatic rings. The zero-order chi connectivity index (χ0) is 28.6. The Kier molecular flexibility index (Phi) is 8.14. The molecule has 2 N–H and O–H groups in total. The molecule has 41 heavy (non-hydrogen) atoms. The fourth-order valence-electron chi connectivity index (χ4n) is 6.31. The minimum atomic E-state index is -4.12. The molecule has 0 aliphatic carbocycles. The number of carbonyl (C=O) groups excluding carboxylic acids is 1. The van der Waals surface area contributed by atoms with Crippen molar-refractivity contribution < 1.29 is 27.8 Å². The van der Waals surface area contributed by atoms with Crippen LogP contribution in [0.5, 0.6) is 5.75 Å². The third-order valence-corrected chi connectivity index (χ3v) is 11.0. The van der Waals surface area contributed by atoms with Gasteiger partial charge in [0.05, 0.1) is 30.9 Å². The SMILES string of the molecule is O=C1NC2(CCOc3cc(N4CCOCC4)ccc3S(=O)(=O)N3C[C@H](O)C[C@@H]13)CCN(Cc1ccncc1Cl)CC2. The number of pyridine rings is 1. The van der Waals surface area contributed by atoms with Crippen molar-refractivity contribution in [2.45, 2.75) is 54.8 Å². The van der Waals surface area contributed by atoms with Crippen molar-refractivity contribution in [2.24, 2.45) is 0 Å². The maximum absolute atomic E-state index is 13.9. The van der Waals surface area contributed by atoms with E-state index in [1.807, 2.05) is 6.07 Å². The molecule has 1 spiro atoms. The highest BCUT2D eigenvalue weighted by atomic mass is 35.5. The molecule has 1 aromatic heterocycles. The lowest BCUT2D eigenvalue weighted by Crippen LogP contribution is -2.59. The Morgan fingerprint density at radius 2 is 1.88 bits per heavy atom. The number of ether oxygens (including phenoxy) is 2. The number of nitrogens with one attached hydrogen (secondary N) is 1. The Hall–Kier alpha value is -2.48. The minimum Gasteiger partial charge on any atom is -0.492 e. The summed E-state index contributed by atoms with van der Waals surface area (Å²) in [5.74, 6) is -0.104. The number of fused-ring (bicyclic) bond motifs is 2. The van der Waals surface area contributed by atoms with Crippen LogP contribution in [0.1, 0.15) is 31.2 Å². The van der Waals surface area contributed by atoms with Crippen LogP contribution in [0.3, 0.4) is 0 Å². The third kappa shape index (κ3) is 5.91. The van der Waals surface area contributed by atoms with E-state index in [0.717, 1.165) is 28.6 Å². The molecular weight excluding hydrogens is 570 g/mol. The van der Waals surface area contributed by atoms with Gasteiger partial charge in [-0.3, -0.25) is 14.7 Å². The molecule has 11 nitrogen and oxygen atoms in total. The van der Waals surface area contributed by atoms with Gasteiger partial charge < -0.3 is 24.8 Å². The minimum absolute atomic E-state index is 0.0152. The number of morpholine rings is 1. The normalized spacial score (nSPS) is 26.9. The van der Waals surface area contributed by atoms with Crippen molar-refractivity contribution in [2.75, 3.05) is 57.4 Å². The van der Waals surface area contributed by atoms with Gasteiger partial charge in [-0.1, -0.05) is 11.6 Å². The van der Waals surface area contributed by atoms with Gasteiger partial charge in [-0.05, 0) is 36.6 Å². The van der Waals surface area contributed by atoms with Crippen molar-refractivity contribution in [3.63, 3.8) is 0 Å². The van der Waals surface area contributed by atoms with Crippen LogP contribution in [0.2, 0.25) is 5.02 Å². The van der Waals surface area contributed by atoms with Crippen LogP contribution in [0.25, 0.3) is 0 Å². The molecule has 3 fully saturated rings. The van der Waals surface area contributed by atoms with Crippen LogP contribution in [0, 0.1) is 0 Å². The molecule has 0 unspecified atom stereocenters. The van der Waals surface area contributed by atoms with Crippen LogP contribution < -0.4 is 15.0 Å². The summed E-state index contributed by atoms with van der Waals surface area (Å²) in [7, 11) is -4.12. The van der Waals surface area contributed by atoms with Crippen LogP contribution in [0.15, 0.2) is 41.6 Å². The van der Waals surface area contributed by atoms with Crippen molar-refractivity contribution in [1.29, 1.82) is 0 Å². The molecule has 0 bridgehead atoms. The number of benzene rings is 1. The first kappa shape index (κ1) is 28.6. The summed E-state index contributed by atoms with van der Waals surface area (Å²) in [5, 5.41) is 14.3. The van der Waals surface area contributed by atoms with Gasteiger partial charge in [0, 0.05) is 81.8 Å². The summed E-state index contributed by atoms with van der Waals surface area (Å²) in [5.41, 5.74) is 1.30. The van der Waals surface area contributed by atoms with Crippen molar-refractivity contribution in [3.05, 3.63) is 47.2 Å². The average molecular weight is 606 g/mol. The summed E-state index contributed by atoms with van der Waals surface area (Å²) in [6.45, 7) is 4.85. The lowest BCUT2D eigenvalue weighted by Gasteiger charge is -2.43. The van der Waals surface area contributed by atoms with E-state index in [0.29, 0.717) is 57.1 Å². The average Bonchev–Trinajstić information content (AvgIpc) is 3.38. The number of sulfonamides is 1. The second-order valence-corrected chi connectivity index (χ2v) is 13.6. The monoisotopic (exact) mass is 605 g/mol. The number of likely N-dealkylation sites (tertiary alicyclic amines) is 1. The molecule has 2 aromatic rings. The number of rotatable bonds is 3. The molecule has 2 atom stereocenters. The first-order valence-corrected chi connectivity index (χ1v) is 16.0. The maximum Gasteiger partial charge on any atom is 0.247 e. The van der Waals surface area contributed by atoms with Crippen molar-refractivity contribution >= 4 is 33.2 Å². The fraction of sp³-hybridized carbons (Fsp3) is 0.571. The number of aliphatic hydroxyl groups is 1. The van der Waals surface area contributed by atoms with E-state index in [1.54, 1.807) is 30.6 Å². The second kappa shape index (κ2) is 11.7. The van der Waals surface area contributed by atoms with E-state index in [4.69, 9.17) is 21.1 Å². The van der Waals surface area contributed by atoms with E-state index in [-0.39, 0.29) is 36.1 Å². The highest BCUT2D eigenvalue weighted by molar-refractivity contribution is 7.89. The Morgan fingerprint density at radius 3 is 2.63 bits per heavy atom. The number of hydrogen-bond acceptors (Lipinski definition) is 9. The number of halogens is 1. The Balaban J connectivity index is 1.28. The van der Waals surface area contributed by atoms with Gasteiger partial charge in [-0.2, -0.15) is 4.31 Å². The third-order valence-electron chi connectivity index (χ3n) is 8.72. The van der Waals surface area contributed by atoms with E-state index < -0.39 is 27.7 Å². The summed E-state index contributed by atoms with van der Waals surface area (Å²) >= 11 is 6.34. The fourth-order valence-corrected chi connectivity index (χ4v) is 8.24. The molecule has 5 heterocycles. The predicted molar refractivity (Wildman–Crippen MR) is 153 cm³/mol. The highest BCUT2D eigenvalue weighted by Crippen LogP contribution is 2.37. The summed E-state index contributed by atoms with van der Waals surface area (Å²) < 4.78 is 40.7. The molecule has 1 amide bonds. The summed E-state index contributed by atoms with van der Waals surface area (Å²) in [6.07, 6.45) is 4.37. The van der Waals surface area contributed by atoms with Gasteiger partial charge in [-0.15, -0.1) is 0 Å². The van der Waals surface area contributed by atoms with Gasteiger partial charge >= 0.3 is 0 Å². The first-order valence-electron chi connectivity index (χ1n) is 14.2. The van der Waals surface area contributed by atoms with Crippen LogP contribution >= 0.6 is 11.6 Å². The van der Waals surface area contributed by atoms with E-state index >= 15 is 0 Å². The van der Waals surface area contributed by atoms with E-state index in [1.165, 1.54) is 0 Å². The molecule has 3 saturated heterocycles.